The summed E-state index contributed by atoms with van der Waals surface area (Å²) in [7, 11) is 0. The molecule has 0 saturated heterocycles. The fourth-order valence-electron chi connectivity index (χ4n) is 4.61. The average Bonchev–Trinajstić information content (AvgIpc) is 2.76. The molecule has 0 aliphatic heterocycles. The Bertz CT molecular complexity index is 714. The Morgan fingerprint density at radius 1 is 0.914 bits per heavy atom. The lowest BCUT2D eigenvalue weighted by atomic mass is 9.81. The molecule has 1 amide bonds. The summed E-state index contributed by atoms with van der Waals surface area (Å²) in [5.41, 5.74) is 6.35. The van der Waals surface area contributed by atoms with Gasteiger partial charge in [0, 0.05) is 23.7 Å². The van der Waals surface area contributed by atoms with E-state index >= 15 is 0 Å². The number of carbonyl (C=O) groups is 1. The maximum atomic E-state index is 11.5. The second-order valence-corrected chi connectivity index (χ2v) is 10.7. The Balaban J connectivity index is 5.18. The first-order valence-electron chi connectivity index (χ1n) is 12.9. The second-order valence-electron chi connectivity index (χ2n) is 10.7. The van der Waals surface area contributed by atoms with Crippen LogP contribution in [0.3, 0.4) is 0 Å². The lowest BCUT2D eigenvalue weighted by Gasteiger charge is -2.33. The third kappa shape index (κ3) is 13.1. The quantitative estimate of drug-likeness (QED) is 0.170. The fraction of sp³-hybridized carbons (Fsp3) is 0.690. The van der Waals surface area contributed by atoms with E-state index < -0.39 is 30.5 Å². The van der Waals surface area contributed by atoms with Crippen LogP contribution in [0.25, 0.3) is 0 Å². The van der Waals surface area contributed by atoms with E-state index in [1.54, 1.807) is 18.2 Å². The van der Waals surface area contributed by atoms with Crippen LogP contribution in [0.15, 0.2) is 48.6 Å². The van der Waals surface area contributed by atoms with Gasteiger partial charge in [0.15, 0.2) is 0 Å². The van der Waals surface area contributed by atoms with E-state index in [-0.39, 0.29) is 29.6 Å². The molecule has 0 bridgehead atoms. The summed E-state index contributed by atoms with van der Waals surface area (Å²) in [6, 6.07) is 0. The number of aliphatic hydroxyl groups is 3. The number of carbonyl (C=O) groups excluding carboxylic acids is 1. The largest absolute Gasteiger partial charge is 0.445 e. The SMILES string of the molecule is C=C/C=C\[C@H](C)[C@H](OC(N)=O)[C@H](C)[C@H](O)[C@@H](C)C/C(C)=C\[C@H](C)[C@@H](O)[C@@H](C)/C=C\[C@@H](O)CC(C)C. The van der Waals surface area contributed by atoms with E-state index in [0.29, 0.717) is 18.8 Å². The number of hydrogen-bond acceptors (Lipinski definition) is 5. The van der Waals surface area contributed by atoms with Crippen LogP contribution in [0.4, 0.5) is 4.79 Å². The standard InChI is InChI=1S/C29H51NO5/c1-10-11-12-21(6)28(35-29(30)34)24(9)27(33)23(8)17-19(4)16-22(7)26(32)20(5)13-14-25(31)15-18(2)3/h10-14,16,18,20-28,31-33H,1,15,17H2,2-9H3,(H2,30,34)/b12-11-,14-13-,19-16-/t20-,21-,22-,23-,24+,25+,26-,27+,28-/m0/s1. The van der Waals surface area contributed by atoms with Gasteiger partial charge in [-0.1, -0.05) is 97.1 Å². The third-order valence-electron chi connectivity index (χ3n) is 6.58. The normalized spacial score (nSPS) is 20.7. The van der Waals surface area contributed by atoms with E-state index in [1.165, 1.54) is 0 Å². The van der Waals surface area contributed by atoms with Crippen LogP contribution >= 0.6 is 0 Å². The summed E-state index contributed by atoms with van der Waals surface area (Å²) in [5.74, 6) is -0.352. The molecule has 0 fully saturated rings. The molecule has 0 saturated carbocycles. The molecular weight excluding hydrogens is 442 g/mol. The summed E-state index contributed by atoms with van der Waals surface area (Å²) >= 11 is 0. The number of nitrogens with two attached hydrogens (primary N) is 1. The van der Waals surface area contributed by atoms with Crippen molar-refractivity contribution in [2.45, 2.75) is 92.6 Å². The van der Waals surface area contributed by atoms with Gasteiger partial charge in [-0.15, -0.1) is 0 Å². The highest BCUT2D eigenvalue weighted by molar-refractivity contribution is 5.64. The molecular formula is C29H51NO5. The first kappa shape index (κ1) is 33.1. The minimum Gasteiger partial charge on any atom is -0.445 e. The zero-order valence-electron chi connectivity index (χ0n) is 23.1. The van der Waals surface area contributed by atoms with Gasteiger partial charge in [0.25, 0.3) is 0 Å². The fourth-order valence-corrected chi connectivity index (χ4v) is 4.61. The Kier molecular flexibility index (Phi) is 15.8. The molecule has 0 aromatic carbocycles. The van der Waals surface area contributed by atoms with Gasteiger partial charge in [0.05, 0.1) is 18.3 Å². The van der Waals surface area contributed by atoms with Crippen LogP contribution in [0.5, 0.6) is 0 Å². The molecule has 6 heteroatoms. The molecule has 0 aromatic rings. The predicted molar refractivity (Wildman–Crippen MR) is 145 cm³/mol. The summed E-state index contributed by atoms with van der Waals surface area (Å²) in [4.78, 5) is 11.5. The molecule has 0 heterocycles. The molecule has 0 aromatic heterocycles. The van der Waals surface area contributed by atoms with Crippen LogP contribution in [0, 0.1) is 35.5 Å². The minimum atomic E-state index is -0.862. The van der Waals surface area contributed by atoms with Crippen LogP contribution < -0.4 is 5.73 Å². The molecule has 0 unspecified atom stereocenters. The van der Waals surface area contributed by atoms with E-state index in [2.05, 4.69) is 20.4 Å². The van der Waals surface area contributed by atoms with Gasteiger partial charge < -0.3 is 25.8 Å². The van der Waals surface area contributed by atoms with Crippen LogP contribution in [0.2, 0.25) is 0 Å². The number of aliphatic hydroxyl groups excluding tert-OH is 3. The molecule has 9 atom stereocenters. The van der Waals surface area contributed by atoms with E-state index in [1.807, 2.05) is 59.8 Å². The number of hydrogen-bond donors (Lipinski definition) is 4. The van der Waals surface area contributed by atoms with Crippen molar-refractivity contribution >= 4 is 6.09 Å². The summed E-state index contributed by atoms with van der Waals surface area (Å²) < 4.78 is 5.35. The number of allylic oxidation sites excluding steroid dienone is 3. The Morgan fingerprint density at radius 2 is 1.51 bits per heavy atom. The summed E-state index contributed by atoms with van der Waals surface area (Å²) in [5, 5.41) is 31.8. The molecule has 0 rings (SSSR count). The van der Waals surface area contributed by atoms with Gasteiger partial charge >= 0.3 is 6.09 Å². The zero-order chi connectivity index (χ0) is 27.3. The van der Waals surface area contributed by atoms with Crippen molar-refractivity contribution < 1.29 is 24.9 Å². The number of rotatable bonds is 16. The van der Waals surface area contributed by atoms with Crippen LogP contribution in [-0.2, 0) is 4.74 Å². The van der Waals surface area contributed by atoms with Crippen LogP contribution in [-0.4, -0.2) is 45.8 Å². The lowest BCUT2D eigenvalue weighted by Crippen LogP contribution is -2.41. The Labute approximate surface area is 213 Å². The average molecular weight is 494 g/mol. The van der Waals surface area contributed by atoms with Crippen molar-refractivity contribution in [1.29, 1.82) is 0 Å². The highest BCUT2D eigenvalue weighted by atomic mass is 16.6. The molecule has 0 aliphatic rings. The van der Waals surface area contributed by atoms with Crippen molar-refractivity contribution in [3.8, 4) is 0 Å². The predicted octanol–water partition coefficient (Wildman–Crippen LogP) is 5.39. The second kappa shape index (κ2) is 16.7. The number of primary amides is 1. The highest BCUT2D eigenvalue weighted by Crippen LogP contribution is 2.29. The molecule has 6 nitrogen and oxygen atoms in total. The maximum absolute atomic E-state index is 11.5. The monoisotopic (exact) mass is 493 g/mol. The van der Waals surface area contributed by atoms with Gasteiger partial charge in [-0.25, -0.2) is 4.79 Å². The number of ether oxygens (including phenoxy) is 1. The molecule has 202 valence electrons. The van der Waals surface area contributed by atoms with Crippen LogP contribution in [0.1, 0.15) is 68.2 Å². The molecule has 0 aliphatic carbocycles. The van der Waals surface area contributed by atoms with Gasteiger partial charge in [0.1, 0.15) is 6.10 Å². The van der Waals surface area contributed by atoms with Crippen molar-refractivity contribution in [3.63, 3.8) is 0 Å². The van der Waals surface area contributed by atoms with Crippen molar-refractivity contribution in [1.82, 2.24) is 0 Å². The van der Waals surface area contributed by atoms with Gasteiger partial charge in [-0.3, -0.25) is 0 Å². The Morgan fingerprint density at radius 3 is 2.03 bits per heavy atom. The topological polar surface area (TPSA) is 113 Å². The smallest absolute Gasteiger partial charge is 0.404 e. The Hall–Kier alpha value is -1.89. The van der Waals surface area contributed by atoms with Crippen molar-refractivity contribution in [2.24, 2.45) is 41.2 Å². The van der Waals surface area contributed by atoms with Crippen molar-refractivity contribution in [3.05, 3.63) is 48.6 Å². The van der Waals surface area contributed by atoms with E-state index in [0.717, 1.165) is 5.57 Å². The van der Waals surface area contributed by atoms with Gasteiger partial charge in [-0.05, 0) is 31.6 Å². The summed E-state index contributed by atoms with van der Waals surface area (Å²) in [6.07, 6.45) is 9.11. The molecule has 0 radical (unpaired) electrons. The van der Waals surface area contributed by atoms with Gasteiger partial charge in [0.2, 0.25) is 0 Å². The molecule has 5 N–H and O–H groups in total. The molecule has 35 heavy (non-hydrogen) atoms. The highest BCUT2D eigenvalue weighted by Gasteiger charge is 2.33. The minimum absolute atomic E-state index is 0.0892. The first-order valence-corrected chi connectivity index (χ1v) is 12.9. The van der Waals surface area contributed by atoms with Crippen molar-refractivity contribution in [2.75, 3.05) is 0 Å². The maximum Gasteiger partial charge on any atom is 0.404 e. The van der Waals surface area contributed by atoms with Gasteiger partial charge in [-0.2, -0.15) is 0 Å². The van der Waals surface area contributed by atoms with E-state index in [9.17, 15) is 20.1 Å². The molecule has 0 spiro atoms. The lowest BCUT2D eigenvalue weighted by molar-refractivity contribution is -0.0266. The zero-order valence-corrected chi connectivity index (χ0v) is 23.1. The number of amides is 1. The third-order valence-corrected chi connectivity index (χ3v) is 6.58. The van der Waals surface area contributed by atoms with E-state index in [4.69, 9.17) is 10.5 Å². The summed E-state index contributed by atoms with van der Waals surface area (Å²) in [6.45, 7) is 19.4. The first-order chi connectivity index (χ1) is 16.2.